The van der Waals surface area contributed by atoms with Crippen molar-refractivity contribution in [1.29, 1.82) is 0 Å². The van der Waals surface area contributed by atoms with E-state index in [2.05, 4.69) is 21.7 Å². The molecule has 1 fully saturated rings. The van der Waals surface area contributed by atoms with E-state index in [-0.39, 0.29) is 56.1 Å². The summed E-state index contributed by atoms with van der Waals surface area (Å²) in [5, 5.41) is 7.47. The number of ether oxygens (including phenoxy) is 1. The van der Waals surface area contributed by atoms with E-state index in [0.717, 1.165) is 17.5 Å². The van der Waals surface area contributed by atoms with Crippen LogP contribution in [0.2, 0.25) is 0 Å². The van der Waals surface area contributed by atoms with Crippen LogP contribution in [0.25, 0.3) is 5.65 Å². The second-order valence-corrected chi connectivity index (χ2v) is 4.90. The van der Waals surface area contributed by atoms with Gasteiger partial charge in [0.2, 0.25) is 0 Å². The van der Waals surface area contributed by atoms with Crippen molar-refractivity contribution < 1.29 is 42.2 Å². The molecular weight excluding hydrogens is 351 g/mol. The Morgan fingerprint density at radius 3 is 2.95 bits per heavy atom. The number of esters is 1. The molecule has 2 atom stereocenters. The van der Waals surface area contributed by atoms with E-state index in [4.69, 9.17) is 4.74 Å². The standard InChI is InChI=1S/C12H14N5O3.Y/c1-7-4-3-5-8(7)20-11(18)9-10-14-15-16(2)12(19)17(10)6-13-9;/h4,6-8H,3,5H2,1-2H3;/q-1;. The van der Waals surface area contributed by atoms with E-state index in [1.54, 1.807) is 0 Å². The second kappa shape index (κ2) is 6.31. The van der Waals surface area contributed by atoms with Crippen molar-refractivity contribution in [3.05, 3.63) is 28.9 Å². The fraction of sp³-hybridized carbons (Fsp3) is 0.500. The third-order valence-electron chi connectivity index (χ3n) is 3.53. The molecule has 1 saturated carbocycles. The molecule has 0 N–H and O–H groups in total. The van der Waals surface area contributed by atoms with Crippen molar-refractivity contribution in [2.45, 2.75) is 25.9 Å². The molecule has 8 nitrogen and oxygen atoms in total. The first-order valence-corrected chi connectivity index (χ1v) is 6.39. The fourth-order valence-electron chi connectivity index (χ4n) is 2.32. The van der Waals surface area contributed by atoms with Crippen LogP contribution in [0.3, 0.4) is 0 Å². The number of carbonyl (C=O) groups is 1. The Bertz CT molecular complexity index is 725. The van der Waals surface area contributed by atoms with Crippen molar-refractivity contribution in [1.82, 2.24) is 24.4 Å². The molecular formula is C12H14N5O3Y-. The van der Waals surface area contributed by atoms with E-state index in [1.807, 2.05) is 6.92 Å². The van der Waals surface area contributed by atoms with Crippen LogP contribution in [0.1, 0.15) is 30.3 Å². The molecule has 0 aromatic carbocycles. The molecule has 9 heteroatoms. The van der Waals surface area contributed by atoms with Crippen molar-refractivity contribution in [3.8, 4) is 0 Å². The van der Waals surface area contributed by atoms with Crippen molar-refractivity contribution in [2.75, 3.05) is 0 Å². The zero-order valence-electron chi connectivity index (χ0n) is 11.8. The molecule has 2 unspecified atom stereocenters. The van der Waals surface area contributed by atoms with Gasteiger partial charge in [-0.2, -0.15) is 11.1 Å². The number of carbonyl (C=O) groups excluding carboxylic acids is 1. The third kappa shape index (κ3) is 2.92. The average Bonchev–Trinajstić information content (AvgIpc) is 3.01. The summed E-state index contributed by atoms with van der Waals surface area (Å²) in [6, 6.07) is 0. The summed E-state index contributed by atoms with van der Waals surface area (Å²) >= 11 is 0. The van der Waals surface area contributed by atoms with Gasteiger partial charge in [-0.15, -0.1) is 11.0 Å². The first-order valence-electron chi connectivity index (χ1n) is 6.39. The van der Waals surface area contributed by atoms with Gasteiger partial charge in [-0.05, 0) is 6.42 Å². The van der Waals surface area contributed by atoms with Crippen molar-refractivity contribution in [3.63, 3.8) is 0 Å². The molecule has 21 heavy (non-hydrogen) atoms. The van der Waals surface area contributed by atoms with Gasteiger partial charge < -0.3 is 11.2 Å². The zero-order chi connectivity index (χ0) is 14.3. The van der Waals surface area contributed by atoms with Gasteiger partial charge in [0.25, 0.3) is 0 Å². The molecule has 0 saturated heterocycles. The first-order chi connectivity index (χ1) is 9.58. The molecule has 0 amide bonds. The van der Waals surface area contributed by atoms with E-state index in [0.29, 0.717) is 0 Å². The minimum absolute atomic E-state index is 0. The van der Waals surface area contributed by atoms with Crippen LogP contribution in [-0.2, 0) is 44.5 Å². The van der Waals surface area contributed by atoms with E-state index < -0.39 is 11.7 Å². The van der Waals surface area contributed by atoms with Gasteiger partial charge in [-0.3, -0.25) is 0 Å². The number of imidazole rings is 1. The topological polar surface area (TPSA) is 91.4 Å². The SMILES string of the molecule is CC1[CH-]CCC1OC(=O)c1ncn2c(=O)n(C)nnc12.[Y]. The largest absolute Gasteiger partial charge is 0.460 e. The molecule has 0 spiro atoms. The minimum atomic E-state index is -0.567. The van der Waals surface area contributed by atoms with Crippen LogP contribution < -0.4 is 5.69 Å². The van der Waals surface area contributed by atoms with Crippen molar-refractivity contribution >= 4 is 11.6 Å². The number of fused-ring (bicyclic) bond motifs is 1. The van der Waals surface area contributed by atoms with Crippen LogP contribution in [0.4, 0.5) is 0 Å². The maximum atomic E-state index is 12.1. The Balaban J connectivity index is 0.00000161. The van der Waals surface area contributed by atoms with Gasteiger partial charge >= 0.3 is 11.7 Å². The Morgan fingerprint density at radius 2 is 2.29 bits per heavy atom. The summed E-state index contributed by atoms with van der Waals surface area (Å²) in [5.41, 5.74) is -0.272. The molecule has 1 radical (unpaired) electrons. The number of hydrogen-bond acceptors (Lipinski definition) is 6. The number of rotatable bonds is 2. The molecule has 0 bridgehead atoms. The van der Waals surface area contributed by atoms with Crippen molar-refractivity contribution in [2.24, 2.45) is 13.0 Å². The normalized spacial score (nSPS) is 21.2. The van der Waals surface area contributed by atoms with E-state index >= 15 is 0 Å². The summed E-state index contributed by atoms with van der Waals surface area (Å²) in [5.74, 6) is -0.339. The molecule has 2 aromatic rings. The fourth-order valence-corrected chi connectivity index (χ4v) is 2.32. The van der Waals surface area contributed by atoms with E-state index in [1.165, 1.54) is 17.8 Å². The van der Waals surface area contributed by atoms with Gasteiger partial charge in [0, 0.05) is 39.8 Å². The molecule has 2 heterocycles. The maximum Gasteiger partial charge on any atom is 0.361 e. The molecule has 2 aromatic heterocycles. The molecule has 3 rings (SSSR count). The van der Waals surface area contributed by atoms with Crippen LogP contribution in [0.15, 0.2) is 11.1 Å². The minimum Gasteiger partial charge on any atom is -0.460 e. The summed E-state index contributed by atoms with van der Waals surface area (Å²) in [6.45, 7) is 2.01. The second-order valence-electron chi connectivity index (χ2n) is 4.90. The van der Waals surface area contributed by atoms with E-state index in [9.17, 15) is 9.59 Å². The van der Waals surface area contributed by atoms with Gasteiger partial charge in [0.05, 0.1) is 6.10 Å². The van der Waals surface area contributed by atoms with Crippen LogP contribution in [0.5, 0.6) is 0 Å². The number of aryl methyl sites for hydroxylation is 1. The summed E-state index contributed by atoms with van der Waals surface area (Å²) in [6.07, 6.45) is 4.99. The quantitative estimate of drug-likeness (QED) is 0.549. The predicted octanol–water partition coefficient (Wildman–Crippen LogP) is -0.0199. The number of aromatic nitrogens is 5. The van der Waals surface area contributed by atoms with Gasteiger partial charge in [0.15, 0.2) is 11.3 Å². The van der Waals surface area contributed by atoms with Crippen LogP contribution >= 0.6 is 0 Å². The summed E-state index contributed by atoms with van der Waals surface area (Å²) in [4.78, 5) is 27.8. The smallest absolute Gasteiger partial charge is 0.361 e. The summed E-state index contributed by atoms with van der Waals surface area (Å²) < 4.78 is 7.67. The first kappa shape index (κ1) is 16.2. The molecule has 109 valence electrons. The van der Waals surface area contributed by atoms with Gasteiger partial charge in [-0.25, -0.2) is 19.0 Å². The molecule has 1 aliphatic rings. The number of hydrogen-bond donors (Lipinski definition) is 0. The Kier molecular flexibility index (Phi) is 4.88. The Hall–Kier alpha value is -1.15. The molecule has 1 aliphatic carbocycles. The molecule has 0 aliphatic heterocycles. The summed E-state index contributed by atoms with van der Waals surface area (Å²) in [7, 11) is 1.48. The third-order valence-corrected chi connectivity index (χ3v) is 3.53. The maximum absolute atomic E-state index is 12.1. The number of nitrogens with zero attached hydrogens (tertiary/aromatic N) is 5. The Morgan fingerprint density at radius 1 is 1.52 bits per heavy atom. The predicted molar refractivity (Wildman–Crippen MR) is 67.9 cm³/mol. The average molecular weight is 365 g/mol. The van der Waals surface area contributed by atoms with Gasteiger partial charge in [-0.1, -0.05) is 12.1 Å². The van der Waals surface area contributed by atoms with Gasteiger partial charge in [0.1, 0.15) is 6.33 Å². The van der Waals surface area contributed by atoms with Crippen LogP contribution in [-0.4, -0.2) is 36.5 Å². The monoisotopic (exact) mass is 365 g/mol. The zero-order valence-corrected chi connectivity index (χ0v) is 14.6. The Labute approximate surface area is 145 Å². The van der Waals surface area contributed by atoms with Crippen LogP contribution in [0, 0.1) is 12.3 Å².